The standard InChI is InChI=1S/C15H26N4O/c1-5-6-19(7-8-20-4)15-12-17-14(11-18-15)10-16-9-13(2)3/h5,11-13,16H,1,6-10H2,2-4H3. The lowest BCUT2D eigenvalue weighted by molar-refractivity contribution is 0.205. The summed E-state index contributed by atoms with van der Waals surface area (Å²) in [4.78, 5) is 11.0. The molecule has 0 amide bonds. The third kappa shape index (κ3) is 6.12. The van der Waals surface area contributed by atoms with E-state index in [0.717, 1.165) is 37.7 Å². The number of rotatable bonds is 10. The van der Waals surface area contributed by atoms with Crippen molar-refractivity contribution >= 4 is 5.82 Å². The van der Waals surface area contributed by atoms with Gasteiger partial charge in [-0.05, 0) is 12.5 Å². The molecule has 1 rings (SSSR count). The Morgan fingerprint density at radius 2 is 2.20 bits per heavy atom. The van der Waals surface area contributed by atoms with E-state index >= 15 is 0 Å². The van der Waals surface area contributed by atoms with Gasteiger partial charge in [0.2, 0.25) is 0 Å². The molecule has 5 heteroatoms. The first kappa shape index (κ1) is 16.6. The summed E-state index contributed by atoms with van der Waals surface area (Å²) >= 11 is 0. The predicted octanol–water partition coefficient (Wildman–Crippen LogP) is 1.86. The van der Waals surface area contributed by atoms with Gasteiger partial charge < -0.3 is 15.0 Å². The summed E-state index contributed by atoms with van der Waals surface area (Å²) in [7, 11) is 1.70. The summed E-state index contributed by atoms with van der Waals surface area (Å²) in [6.07, 6.45) is 5.49. The van der Waals surface area contributed by atoms with E-state index in [1.54, 1.807) is 7.11 Å². The largest absolute Gasteiger partial charge is 0.383 e. The average molecular weight is 278 g/mol. The van der Waals surface area contributed by atoms with Gasteiger partial charge in [-0.2, -0.15) is 0 Å². The summed E-state index contributed by atoms with van der Waals surface area (Å²) in [5, 5.41) is 3.36. The highest BCUT2D eigenvalue weighted by atomic mass is 16.5. The van der Waals surface area contributed by atoms with E-state index in [2.05, 4.69) is 40.6 Å². The van der Waals surface area contributed by atoms with Gasteiger partial charge in [0, 0.05) is 26.7 Å². The number of nitrogens with one attached hydrogen (secondary N) is 1. The maximum atomic E-state index is 5.11. The van der Waals surface area contributed by atoms with Crippen LogP contribution in [0.1, 0.15) is 19.5 Å². The molecule has 5 nitrogen and oxygen atoms in total. The number of nitrogens with zero attached hydrogens (tertiary/aromatic N) is 3. The molecule has 1 aromatic rings. The lowest BCUT2D eigenvalue weighted by atomic mass is 10.2. The molecule has 0 aliphatic rings. The van der Waals surface area contributed by atoms with Crippen molar-refractivity contribution in [1.29, 1.82) is 0 Å². The molecule has 0 radical (unpaired) electrons. The van der Waals surface area contributed by atoms with Gasteiger partial charge in [-0.3, -0.25) is 4.98 Å². The predicted molar refractivity (Wildman–Crippen MR) is 82.9 cm³/mol. The van der Waals surface area contributed by atoms with Crippen LogP contribution in [0.3, 0.4) is 0 Å². The Morgan fingerprint density at radius 3 is 2.75 bits per heavy atom. The van der Waals surface area contributed by atoms with Crippen molar-refractivity contribution in [2.75, 3.05) is 38.3 Å². The van der Waals surface area contributed by atoms with Crippen LogP contribution in [0.4, 0.5) is 5.82 Å². The van der Waals surface area contributed by atoms with E-state index in [9.17, 15) is 0 Å². The van der Waals surface area contributed by atoms with Gasteiger partial charge in [0.1, 0.15) is 5.82 Å². The minimum atomic E-state index is 0.638. The topological polar surface area (TPSA) is 50.3 Å². The Morgan fingerprint density at radius 1 is 1.40 bits per heavy atom. The van der Waals surface area contributed by atoms with Crippen LogP contribution in [0.15, 0.2) is 25.0 Å². The van der Waals surface area contributed by atoms with E-state index in [0.29, 0.717) is 12.5 Å². The summed E-state index contributed by atoms with van der Waals surface area (Å²) in [6, 6.07) is 0. The minimum Gasteiger partial charge on any atom is -0.383 e. The fraction of sp³-hybridized carbons (Fsp3) is 0.600. The van der Waals surface area contributed by atoms with Gasteiger partial charge in [-0.1, -0.05) is 19.9 Å². The van der Waals surface area contributed by atoms with E-state index in [-0.39, 0.29) is 0 Å². The van der Waals surface area contributed by atoms with Crippen LogP contribution in [-0.4, -0.2) is 43.3 Å². The van der Waals surface area contributed by atoms with Crippen molar-refractivity contribution in [2.45, 2.75) is 20.4 Å². The SMILES string of the molecule is C=CCN(CCOC)c1cnc(CNCC(C)C)cn1. The zero-order valence-corrected chi connectivity index (χ0v) is 12.8. The second-order valence-electron chi connectivity index (χ2n) is 5.12. The zero-order valence-electron chi connectivity index (χ0n) is 12.8. The van der Waals surface area contributed by atoms with Crippen molar-refractivity contribution in [3.05, 3.63) is 30.7 Å². The molecule has 0 unspecified atom stereocenters. The lowest BCUT2D eigenvalue weighted by Gasteiger charge is -2.21. The monoisotopic (exact) mass is 278 g/mol. The molecule has 0 aliphatic heterocycles. The number of hydrogen-bond acceptors (Lipinski definition) is 5. The normalized spacial score (nSPS) is 10.8. The molecule has 112 valence electrons. The van der Waals surface area contributed by atoms with Crippen molar-refractivity contribution in [3.63, 3.8) is 0 Å². The van der Waals surface area contributed by atoms with Crippen molar-refractivity contribution in [2.24, 2.45) is 5.92 Å². The van der Waals surface area contributed by atoms with Crippen LogP contribution in [-0.2, 0) is 11.3 Å². The molecule has 20 heavy (non-hydrogen) atoms. The summed E-state index contributed by atoms with van der Waals surface area (Å²) in [6.45, 7) is 12.1. The molecule has 0 atom stereocenters. The van der Waals surface area contributed by atoms with Crippen LogP contribution in [0.2, 0.25) is 0 Å². The van der Waals surface area contributed by atoms with E-state index in [1.807, 2.05) is 18.5 Å². The fourth-order valence-corrected chi connectivity index (χ4v) is 1.75. The molecule has 0 saturated carbocycles. The molecule has 1 N–H and O–H groups in total. The van der Waals surface area contributed by atoms with Gasteiger partial charge in [-0.15, -0.1) is 6.58 Å². The van der Waals surface area contributed by atoms with Crippen LogP contribution in [0.5, 0.6) is 0 Å². The lowest BCUT2D eigenvalue weighted by Crippen LogP contribution is -2.28. The van der Waals surface area contributed by atoms with Crippen LogP contribution in [0.25, 0.3) is 0 Å². The number of ether oxygens (including phenoxy) is 1. The average Bonchev–Trinajstić information content (AvgIpc) is 2.44. The Labute approximate surface area is 122 Å². The number of hydrogen-bond donors (Lipinski definition) is 1. The van der Waals surface area contributed by atoms with Gasteiger partial charge >= 0.3 is 0 Å². The molecule has 0 aliphatic carbocycles. The molecular formula is C15H26N4O. The first-order valence-electron chi connectivity index (χ1n) is 7.03. The Hall–Kier alpha value is -1.46. The maximum Gasteiger partial charge on any atom is 0.147 e. The first-order valence-corrected chi connectivity index (χ1v) is 7.03. The second kappa shape index (κ2) is 9.44. The third-order valence-corrected chi connectivity index (χ3v) is 2.79. The van der Waals surface area contributed by atoms with E-state index in [4.69, 9.17) is 4.74 Å². The van der Waals surface area contributed by atoms with E-state index in [1.165, 1.54) is 0 Å². The molecule has 0 fully saturated rings. The minimum absolute atomic E-state index is 0.638. The first-order chi connectivity index (χ1) is 9.67. The van der Waals surface area contributed by atoms with Gasteiger partial charge in [0.05, 0.1) is 24.7 Å². The Bertz CT molecular complexity index is 378. The van der Waals surface area contributed by atoms with Crippen molar-refractivity contribution < 1.29 is 4.74 Å². The molecule has 1 aromatic heterocycles. The quantitative estimate of drug-likeness (QED) is 0.662. The van der Waals surface area contributed by atoms with Crippen LogP contribution >= 0.6 is 0 Å². The maximum absolute atomic E-state index is 5.11. The number of methoxy groups -OCH3 is 1. The second-order valence-corrected chi connectivity index (χ2v) is 5.12. The molecule has 0 bridgehead atoms. The van der Waals surface area contributed by atoms with Gasteiger partial charge in [0.25, 0.3) is 0 Å². The smallest absolute Gasteiger partial charge is 0.147 e. The Kier molecular flexibility index (Phi) is 7.84. The fourth-order valence-electron chi connectivity index (χ4n) is 1.75. The van der Waals surface area contributed by atoms with E-state index < -0.39 is 0 Å². The van der Waals surface area contributed by atoms with Gasteiger partial charge in [0.15, 0.2) is 0 Å². The molecule has 0 saturated heterocycles. The van der Waals surface area contributed by atoms with Crippen molar-refractivity contribution in [1.82, 2.24) is 15.3 Å². The Balaban J connectivity index is 2.55. The van der Waals surface area contributed by atoms with Crippen molar-refractivity contribution in [3.8, 4) is 0 Å². The highest BCUT2D eigenvalue weighted by molar-refractivity contribution is 5.36. The van der Waals surface area contributed by atoms with Gasteiger partial charge in [-0.25, -0.2) is 4.98 Å². The highest BCUT2D eigenvalue weighted by Gasteiger charge is 2.06. The highest BCUT2D eigenvalue weighted by Crippen LogP contribution is 2.08. The summed E-state index contributed by atoms with van der Waals surface area (Å²) in [5.74, 6) is 1.49. The summed E-state index contributed by atoms with van der Waals surface area (Å²) < 4.78 is 5.11. The third-order valence-electron chi connectivity index (χ3n) is 2.79. The zero-order chi connectivity index (χ0) is 14.8. The number of aromatic nitrogens is 2. The number of anilines is 1. The van der Waals surface area contributed by atoms with Crippen LogP contribution in [0, 0.1) is 5.92 Å². The molecule has 1 heterocycles. The summed E-state index contributed by atoms with van der Waals surface area (Å²) in [5.41, 5.74) is 0.958. The van der Waals surface area contributed by atoms with Crippen LogP contribution < -0.4 is 10.2 Å². The molecule has 0 spiro atoms. The molecule has 0 aromatic carbocycles. The molecular weight excluding hydrogens is 252 g/mol.